The van der Waals surface area contributed by atoms with E-state index in [1.807, 2.05) is 11.8 Å². The summed E-state index contributed by atoms with van der Waals surface area (Å²) in [5.74, 6) is 0.669. The molecule has 0 unspecified atom stereocenters. The summed E-state index contributed by atoms with van der Waals surface area (Å²) in [7, 11) is 0. The fourth-order valence-electron chi connectivity index (χ4n) is 2.69. The zero-order valence-electron chi connectivity index (χ0n) is 12.3. The van der Waals surface area contributed by atoms with E-state index in [0.29, 0.717) is 17.1 Å². The maximum Gasteiger partial charge on any atom is 0.269 e. The van der Waals surface area contributed by atoms with Crippen molar-refractivity contribution in [2.45, 2.75) is 30.4 Å². The maximum absolute atomic E-state index is 10.5. The third kappa shape index (κ3) is 4.61. The van der Waals surface area contributed by atoms with Gasteiger partial charge in [0.1, 0.15) is 12.4 Å². The van der Waals surface area contributed by atoms with Crippen LogP contribution in [0, 0.1) is 10.1 Å². The maximum atomic E-state index is 10.5. The largest absolute Gasteiger partial charge is 0.492 e. The van der Waals surface area contributed by atoms with Gasteiger partial charge in [-0.3, -0.25) is 10.1 Å². The molecular weight excluding hydrogens is 288 g/mol. The van der Waals surface area contributed by atoms with Gasteiger partial charge in [-0.25, -0.2) is 0 Å². The van der Waals surface area contributed by atoms with E-state index < -0.39 is 4.92 Å². The standard InChI is InChI=1S/C15H22N2O3S/c1-21-15(8-2-3-9-15)12-16-10-11-20-14-6-4-13(5-7-14)17(18)19/h4-7,16H,2-3,8-12H2,1H3. The molecule has 1 aromatic carbocycles. The topological polar surface area (TPSA) is 64.4 Å². The Bertz CT molecular complexity index is 458. The fourth-order valence-corrected chi connectivity index (χ4v) is 3.64. The van der Waals surface area contributed by atoms with E-state index in [1.54, 1.807) is 12.1 Å². The van der Waals surface area contributed by atoms with Crippen molar-refractivity contribution in [3.05, 3.63) is 34.4 Å². The summed E-state index contributed by atoms with van der Waals surface area (Å²) in [6, 6.07) is 6.20. The van der Waals surface area contributed by atoms with Crippen LogP contribution in [0.2, 0.25) is 0 Å². The number of ether oxygens (including phenoxy) is 1. The highest BCUT2D eigenvalue weighted by Gasteiger charge is 2.32. The van der Waals surface area contributed by atoms with Gasteiger partial charge in [-0.05, 0) is 31.2 Å². The van der Waals surface area contributed by atoms with Gasteiger partial charge in [-0.15, -0.1) is 0 Å². The van der Waals surface area contributed by atoms with Crippen LogP contribution in [0.3, 0.4) is 0 Å². The lowest BCUT2D eigenvalue weighted by molar-refractivity contribution is -0.384. The van der Waals surface area contributed by atoms with Gasteiger partial charge < -0.3 is 10.1 Å². The Labute approximate surface area is 129 Å². The lowest BCUT2D eigenvalue weighted by Crippen LogP contribution is -2.36. The van der Waals surface area contributed by atoms with Crippen molar-refractivity contribution < 1.29 is 9.66 Å². The summed E-state index contributed by atoms with van der Waals surface area (Å²) in [6.07, 6.45) is 7.46. The highest BCUT2D eigenvalue weighted by atomic mass is 32.2. The van der Waals surface area contributed by atoms with Gasteiger partial charge in [0.2, 0.25) is 0 Å². The summed E-state index contributed by atoms with van der Waals surface area (Å²) in [4.78, 5) is 10.1. The van der Waals surface area contributed by atoms with E-state index in [-0.39, 0.29) is 5.69 Å². The third-order valence-electron chi connectivity index (χ3n) is 3.99. The Balaban J connectivity index is 1.66. The molecule has 0 spiro atoms. The molecule has 0 saturated heterocycles. The summed E-state index contributed by atoms with van der Waals surface area (Å²) in [5, 5.41) is 14.0. The quantitative estimate of drug-likeness (QED) is 0.454. The molecule has 2 rings (SSSR count). The SMILES string of the molecule is CSC1(CNCCOc2ccc([N+](=O)[O-])cc2)CCCC1. The first-order valence-electron chi connectivity index (χ1n) is 7.28. The Hall–Kier alpha value is -1.27. The van der Waals surface area contributed by atoms with E-state index in [0.717, 1.165) is 13.1 Å². The number of benzene rings is 1. The number of nitro groups is 1. The number of non-ortho nitro benzene ring substituents is 1. The molecule has 0 amide bonds. The molecule has 0 radical (unpaired) electrons. The van der Waals surface area contributed by atoms with Crippen molar-refractivity contribution in [3.8, 4) is 5.75 Å². The fraction of sp³-hybridized carbons (Fsp3) is 0.600. The van der Waals surface area contributed by atoms with Crippen LogP contribution < -0.4 is 10.1 Å². The number of hydrogen-bond acceptors (Lipinski definition) is 5. The molecule has 0 heterocycles. The van der Waals surface area contributed by atoms with Crippen LogP contribution in [0.15, 0.2) is 24.3 Å². The van der Waals surface area contributed by atoms with Crippen LogP contribution in [0.5, 0.6) is 5.75 Å². The predicted molar refractivity (Wildman–Crippen MR) is 86.2 cm³/mol. The van der Waals surface area contributed by atoms with Crippen LogP contribution in [-0.2, 0) is 0 Å². The summed E-state index contributed by atoms with van der Waals surface area (Å²) in [6.45, 7) is 2.39. The van der Waals surface area contributed by atoms with Crippen LogP contribution >= 0.6 is 11.8 Å². The molecule has 1 aromatic rings. The second-order valence-corrected chi connectivity index (χ2v) is 6.64. The number of nitro benzene ring substituents is 1. The smallest absolute Gasteiger partial charge is 0.269 e. The van der Waals surface area contributed by atoms with E-state index in [1.165, 1.54) is 37.8 Å². The zero-order valence-corrected chi connectivity index (χ0v) is 13.2. The monoisotopic (exact) mass is 310 g/mol. The molecule has 1 saturated carbocycles. The Morgan fingerprint density at radius 2 is 2.00 bits per heavy atom. The minimum Gasteiger partial charge on any atom is -0.492 e. The molecule has 0 atom stereocenters. The lowest BCUT2D eigenvalue weighted by atomic mass is 10.1. The molecule has 1 aliphatic carbocycles. The first-order chi connectivity index (χ1) is 10.2. The molecule has 1 aliphatic rings. The molecule has 1 fully saturated rings. The van der Waals surface area contributed by atoms with Gasteiger partial charge in [-0.2, -0.15) is 11.8 Å². The van der Waals surface area contributed by atoms with E-state index in [9.17, 15) is 10.1 Å². The second-order valence-electron chi connectivity index (χ2n) is 5.37. The van der Waals surface area contributed by atoms with Gasteiger partial charge in [0.25, 0.3) is 5.69 Å². The van der Waals surface area contributed by atoms with Gasteiger partial charge in [-0.1, -0.05) is 12.8 Å². The number of nitrogens with one attached hydrogen (secondary N) is 1. The van der Waals surface area contributed by atoms with Crippen molar-refractivity contribution in [2.75, 3.05) is 26.0 Å². The van der Waals surface area contributed by atoms with Crippen molar-refractivity contribution in [1.82, 2.24) is 5.32 Å². The first kappa shape index (κ1) is 16.1. The van der Waals surface area contributed by atoms with Crippen LogP contribution in [-0.4, -0.2) is 35.6 Å². The molecule has 6 heteroatoms. The second kappa shape index (κ2) is 7.66. The Morgan fingerprint density at radius 3 is 2.57 bits per heavy atom. The minimum absolute atomic E-state index is 0.0867. The Kier molecular flexibility index (Phi) is 5.87. The van der Waals surface area contributed by atoms with Crippen molar-refractivity contribution >= 4 is 17.4 Å². The highest BCUT2D eigenvalue weighted by molar-refractivity contribution is 8.00. The van der Waals surface area contributed by atoms with Crippen LogP contribution in [0.1, 0.15) is 25.7 Å². The molecular formula is C15H22N2O3S. The molecule has 1 N–H and O–H groups in total. The third-order valence-corrected chi connectivity index (χ3v) is 5.41. The zero-order chi connectivity index (χ0) is 15.1. The molecule has 116 valence electrons. The van der Waals surface area contributed by atoms with Crippen molar-refractivity contribution in [3.63, 3.8) is 0 Å². The van der Waals surface area contributed by atoms with Crippen LogP contribution in [0.25, 0.3) is 0 Å². The molecule has 5 nitrogen and oxygen atoms in total. The Morgan fingerprint density at radius 1 is 1.33 bits per heavy atom. The highest BCUT2D eigenvalue weighted by Crippen LogP contribution is 2.39. The predicted octanol–water partition coefficient (Wildman–Crippen LogP) is 3.24. The van der Waals surface area contributed by atoms with Gasteiger partial charge in [0.15, 0.2) is 0 Å². The summed E-state index contributed by atoms with van der Waals surface area (Å²) in [5.41, 5.74) is 0.0867. The summed E-state index contributed by atoms with van der Waals surface area (Å²) < 4.78 is 5.99. The normalized spacial score (nSPS) is 16.8. The van der Waals surface area contributed by atoms with Crippen molar-refractivity contribution in [1.29, 1.82) is 0 Å². The number of thioether (sulfide) groups is 1. The lowest BCUT2D eigenvalue weighted by Gasteiger charge is -2.27. The molecule has 0 bridgehead atoms. The van der Waals surface area contributed by atoms with E-state index in [2.05, 4.69) is 11.6 Å². The molecule has 0 aromatic heterocycles. The van der Waals surface area contributed by atoms with Gasteiger partial charge in [0.05, 0.1) is 4.92 Å². The van der Waals surface area contributed by atoms with E-state index in [4.69, 9.17) is 4.74 Å². The van der Waals surface area contributed by atoms with Crippen LogP contribution in [0.4, 0.5) is 5.69 Å². The average Bonchev–Trinajstić information content (AvgIpc) is 2.97. The number of nitrogens with zero attached hydrogens (tertiary/aromatic N) is 1. The van der Waals surface area contributed by atoms with Gasteiger partial charge in [0, 0.05) is 30.0 Å². The molecule has 21 heavy (non-hydrogen) atoms. The van der Waals surface area contributed by atoms with Gasteiger partial charge >= 0.3 is 0 Å². The average molecular weight is 310 g/mol. The first-order valence-corrected chi connectivity index (χ1v) is 8.51. The number of rotatable bonds is 8. The summed E-state index contributed by atoms with van der Waals surface area (Å²) >= 11 is 1.97. The van der Waals surface area contributed by atoms with E-state index >= 15 is 0 Å². The molecule has 0 aliphatic heterocycles. The van der Waals surface area contributed by atoms with Crippen molar-refractivity contribution in [2.24, 2.45) is 0 Å². The minimum atomic E-state index is -0.408. The number of hydrogen-bond donors (Lipinski definition) is 1.